The monoisotopic (exact) mass is 272 g/mol. The average Bonchev–Trinajstić information content (AvgIpc) is 2.40. The first-order valence-electron chi connectivity index (χ1n) is 4.78. The lowest BCUT2D eigenvalue weighted by Crippen LogP contribution is -2.03. The minimum atomic E-state index is -1.16. The highest BCUT2D eigenvalue weighted by Gasteiger charge is 2.11. The molecule has 2 N–H and O–H groups in total. The molecule has 0 saturated heterocycles. The third kappa shape index (κ3) is 3.23. The number of carbonyl (C=O) groups is 1. The molecule has 19 heavy (non-hydrogen) atoms. The van der Waals surface area contributed by atoms with Crippen molar-refractivity contribution < 1.29 is 9.90 Å². The summed E-state index contributed by atoms with van der Waals surface area (Å²) in [5.41, 5.74) is -0.630. The van der Waals surface area contributed by atoms with Gasteiger partial charge in [-0.2, -0.15) is 15.8 Å². The number of hydrogen-bond acceptors (Lipinski definition) is 5. The number of halogens is 1. The van der Waals surface area contributed by atoms with Crippen LogP contribution in [0.5, 0.6) is 0 Å². The van der Waals surface area contributed by atoms with E-state index in [1.54, 1.807) is 18.2 Å². The Morgan fingerprint density at radius 2 is 1.84 bits per heavy atom. The Labute approximate surface area is 113 Å². The zero-order chi connectivity index (χ0) is 14.4. The molecule has 0 saturated carbocycles. The maximum absolute atomic E-state index is 10.8. The van der Waals surface area contributed by atoms with Crippen molar-refractivity contribution in [2.45, 2.75) is 0 Å². The number of anilines is 1. The highest BCUT2D eigenvalue weighted by molar-refractivity contribution is 6.33. The van der Waals surface area contributed by atoms with Crippen molar-refractivity contribution in [3.63, 3.8) is 0 Å². The van der Waals surface area contributed by atoms with Crippen molar-refractivity contribution in [1.82, 2.24) is 0 Å². The Morgan fingerprint density at radius 1 is 1.21 bits per heavy atom. The number of rotatable bonds is 3. The van der Waals surface area contributed by atoms with E-state index in [4.69, 9.17) is 32.5 Å². The van der Waals surface area contributed by atoms with Crippen LogP contribution >= 0.6 is 11.6 Å². The fourth-order valence-electron chi connectivity index (χ4n) is 1.17. The second-order valence-electron chi connectivity index (χ2n) is 3.21. The molecule has 0 spiro atoms. The third-order valence-electron chi connectivity index (χ3n) is 2.06. The Kier molecular flexibility index (Phi) is 4.49. The summed E-state index contributed by atoms with van der Waals surface area (Å²) in [6.07, 6.45) is 0. The van der Waals surface area contributed by atoms with Crippen LogP contribution in [0.2, 0.25) is 5.02 Å². The van der Waals surface area contributed by atoms with Crippen molar-refractivity contribution in [3.8, 4) is 18.2 Å². The predicted molar refractivity (Wildman–Crippen MR) is 65.9 cm³/mol. The van der Waals surface area contributed by atoms with Crippen LogP contribution in [0.1, 0.15) is 10.4 Å². The molecular weight excluding hydrogens is 268 g/mol. The second-order valence-corrected chi connectivity index (χ2v) is 3.62. The highest BCUT2D eigenvalue weighted by atomic mass is 35.5. The Bertz CT molecular complexity index is 673. The van der Waals surface area contributed by atoms with E-state index in [0.29, 0.717) is 0 Å². The molecule has 7 heteroatoms. The summed E-state index contributed by atoms with van der Waals surface area (Å²) in [7, 11) is 0. The van der Waals surface area contributed by atoms with Crippen molar-refractivity contribution in [3.05, 3.63) is 40.1 Å². The molecule has 1 aromatic rings. The maximum Gasteiger partial charge on any atom is 0.335 e. The molecule has 0 aromatic heterocycles. The summed E-state index contributed by atoms with van der Waals surface area (Å²) in [6, 6.07) is 8.58. The Morgan fingerprint density at radius 3 is 2.32 bits per heavy atom. The van der Waals surface area contributed by atoms with Crippen LogP contribution in [-0.2, 0) is 0 Å². The minimum absolute atomic E-state index is 0.0420. The summed E-state index contributed by atoms with van der Waals surface area (Å²) in [6.45, 7) is 0. The van der Waals surface area contributed by atoms with Gasteiger partial charge in [0.1, 0.15) is 23.9 Å². The van der Waals surface area contributed by atoms with Crippen LogP contribution < -0.4 is 5.32 Å². The number of nitrogens with one attached hydrogen (secondary N) is 1. The standard InChI is InChI=1S/C12H5ClN4O2/c13-9-2-1-7(12(18)19)3-10(9)17-11(6-16)8(4-14)5-15/h1-3,17H,(H,18,19). The van der Waals surface area contributed by atoms with Gasteiger partial charge in [0.25, 0.3) is 0 Å². The molecule has 92 valence electrons. The van der Waals surface area contributed by atoms with Crippen molar-refractivity contribution in [2.24, 2.45) is 0 Å². The first-order valence-corrected chi connectivity index (χ1v) is 5.15. The average molecular weight is 273 g/mol. The molecule has 0 bridgehead atoms. The summed E-state index contributed by atoms with van der Waals surface area (Å²) in [5.74, 6) is -1.16. The first-order chi connectivity index (χ1) is 9.03. The van der Waals surface area contributed by atoms with E-state index in [-0.39, 0.29) is 22.0 Å². The van der Waals surface area contributed by atoms with Gasteiger partial charge in [-0.1, -0.05) is 11.6 Å². The van der Waals surface area contributed by atoms with Gasteiger partial charge in [-0.15, -0.1) is 0 Å². The van der Waals surface area contributed by atoms with Crippen LogP contribution in [0.4, 0.5) is 5.69 Å². The smallest absolute Gasteiger partial charge is 0.335 e. The number of aromatic carboxylic acids is 1. The number of carboxylic acids is 1. The molecule has 0 heterocycles. The van der Waals surface area contributed by atoms with E-state index in [9.17, 15) is 4.79 Å². The molecule has 1 aromatic carbocycles. The van der Waals surface area contributed by atoms with E-state index in [1.165, 1.54) is 18.2 Å². The number of benzene rings is 1. The van der Waals surface area contributed by atoms with Crippen LogP contribution in [0.25, 0.3) is 0 Å². The van der Waals surface area contributed by atoms with Gasteiger partial charge in [-0.05, 0) is 18.2 Å². The zero-order valence-electron chi connectivity index (χ0n) is 9.31. The molecule has 6 nitrogen and oxygen atoms in total. The lowest BCUT2D eigenvalue weighted by atomic mass is 10.2. The van der Waals surface area contributed by atoms with Crippen molar-refractivity contribution in [2.75, 3.05) is 5.32 Å². The number of nitrogens with zero attached hydrogens (tertiary/aromatic N) is 3. The largest absolute Gasteiger partial charge is 0.478 e. The van der Waals surface area contributed by atoms with Gasteiger partial charge in [0.2, 0.25) is 0 Å². The van der Waals surface area contributed by atoms with Gasteiger partial charge < -0.3 is 10.4 Å². The molecular formula is C12H5ClN4O2. The lowest BCUT2D eigenvalue weighted by molar-refractivity contribution is 0.0697. The highest BCUT2D eigenvalue weighted by Crippen LogP contribution is 2.25. The predicted octanol–water partition coefficient (Wildman–Crippen LogP) is 2.27. The van der Waals surface area contributed by atoms with E-state index < -0.39 is 11.5 Å². The molecule has 1 rings (SSSR count). The molecule has 0 unspecified atom stereocenters. The number of nitriles is 3. The molecule has 0 radical (unpaired) electrons. The number of allylic oxidation sites excluding steroid dienone is 2. The van der Waals surface area contributed by atoms with Gasteiger partial charge in [-0.25, -0.2) is 4.79 Å². The molecule has 0 aliphatic rings. The molecule has 0 amide bonds. The Balaban J connectivity index is 3.27. The SMILES string of the molecule is N#CC(C#N)=C(C#N)Nc1cc(C(=O)O)ccc1Cl. The summed E-state index contributed by atoms with van der Waals surface area (Å²) < 4.78 is 0. The quantitative estimate of drug-likeness (QED) is 0.814. The fourth-order valence-corrected chi connectivity index (χ4v) is 1.34. The van der Waals surface area contributed by atoms with Gasteiger partial charge in [0.15, 0.2) is 5.57 Å². The molecule has 0 fully saturated rings. The van der Waals surface area contributed by atoms with Gasteiger partial charge in [0, 0.05) is 0 Å². The van der Waals surface area contributed by atoms with E-state index >= 15 is 0 Å². The maximum atomic E-state index is 10.8. The van der Waals surface area contributed by atoms with Crippen LogP contribution in [0.15, 0.2) is 29.5 Å². The fraction of sp³-hybridized carbons (Fsp3) is 0. The second kappa shape index (κ2) is 6.07. The van der Waals surface area contributed by atoms with Gasteiger partial charge in [-0.3, -0.25) is 0 Å². The summed E-state index contributed by atoms with van der Waals surface area (Å²) in [5, 5.41) is 37.7. The molecule has 0 aliphatic heterocycles. The van der Waals surface area contributed by atoms with Gasteiger partial charge >= 0.3 is 5.97 Å². The van der Waals surface area contributed by atoms with E-state index in [2.05, 4.69) is 5.32 Å². The van der Waals surface area contributed by atoms with Crippen molar-refractivity contribution >= 4 is 23.3 Å². The van der Waals surface area contributed by atoms with E-state index in [1.807, 2.05) is 0 Å². The summed E-state index contributed by atoms with van der Waals surface area (Å²) >= 11 is 5.84. The topological polar surface area (TPSA) is 121 Å². The zero-order valence-corrected chi connectivity index (χ0v) is 10.1. The number of carboxylic acid groups (broad SMARTS) is 1. The van der Waals surface area contributed by atoms with Crippen LogP contribution in [-0.4, -0.2) is 11.1 Å². The van der Waals surface area contributed by atoms with Crippen LogP contribution in [0, 0.1) is 34.0 Å². The lowest BCUT2D eigenvalue weighted by Gasteiger charge is -2.07. The Hall–Kier alpha value is -3.01. The molecule has 0 atom stereocenters. The van der Waals surface area contributed by atoms with Crippen molar-refractivity contribution in [1.29, 1.82) is 15.8 Å². The third-order valence-corrected chi connectivity index (χ3v) is 2.39. The van der Waals surface area contributed by atoms with Gasteiger partial charge in [0.05, 0.1) is 16.3 Å². The molecule has 0 aliphatic carbocycles. The minimum Gasteiger partial charge on any atom is -0.478 e. The summed E-state index contributed by atoms with van der Waals surface area (Å²) in [4.78, 5) is 10.8. The normalized spacial score (nSPS) is 8.53. The van der Waals surface area contributed by atoms with Crippen LogP contribution in [0.3, 0.4) is 0 Å². The van der Waals surface area contributed by atoms with E-state index in [0.717, 1.165) is 0 Å². The first kappa shape index (κ1) is 14.1. The number of hydrogen-bond donors (Lipinski definition) is 2.